The fourth-order valence-corrected chi connectivity index (χ4v) is 6.73. The van der Waals surface area contributed by atoms with Crippen LogP contribution in [0.2, 0.25) is 0 Å². The number of likely N-dealkylation sites (N-methyl/N-ethyl adjacent to an activating group) is 1. The first-order valence-electron chi connectivity index (χ1n) is 12.9. The number of ether oxygens (including phenoxy) is 1. The summed E-state index contributed by atoms with van der Waals surface area (Å²) in [6, 6.07) is 0.807. The Morgan fingerprint density at radius 3 is 2.33 bits per heavy atom. The molecular formula is C27H34N4O8. The molecule has 12 heteroatoms. The molecular weight excluding hydrogens is 508 g/mol. The smallest absolute Gasteiger partial charge is 0.255 e. The SMILES string of the molecule is CN(C)c1cc(N2CCOCC2)c(O)c2c1C[C@H]1C[C@H]3C(N(C)C)C(O)=C(C(N)=O)C(=O)[C@@]3(O)C(O)=C1C2=O. The molecule has 4 aliphatic rings. The Morgan fingerprint density at radius 1 is 1.13 bits per heavy atom. The van der Waals surface area contributed by atoms with Crippen LogP contribution >= 0.6 is 0 Å². The second-order valence-electron chi connectivity index (χ2n) is 11.1. The molecule has 4 atom stereocenters. The van der Waals surface area contributed by atoms with Crippen molar-refractivity contribution < 1.29 is 39.5 Å². The average molecular weight is 543 g/mol. The zero-order valence-electron chi connectivity index (χ0n) is 22.4. The number of hydrogen-bond donors (Lipinski definition) is 5. The minimum atomic E-state index is -2.66. The Bertz CT molecular complexity index is 1340. The Kier molecular flexibility index (Phi) is 6.40. The lowest BCUT2D eigenvalue weighted by atomic mass is 9.58. The van der Waals surface area contributed by atoms with Crippen molar-refractivity contribution in [1.29, 1.82) is 0 Å². The summed E-state index contributed by atoms with van der Waals surface area (Å²) >= 11 is 0. The van der Waals surface area contributed by atoms with E-state index in [1.165, 1.54) is 4.90 Å². The third-order valence-electron chi connectivity index (χ3n) is 8.51. The number of anilines is 2. The normalized spacial score (nSPS) is 28.9. The van der Waals surface area contributed by atoms with Gasteiger partial charge in [-0.2, -0.15) is 0 Å². The van der Waals surface area contributed by atoms with E-state index in [9.17, 15) is 34.8 Å². The van der Waals surface area contributed by atoms with Gasteiger partial charge in [0.25, 0.3) is 5.91 Å². The van der Waals surface area contributed by atoms with E-state index in [0.717, 1.165) is 5.69 Å². The molecule has 12 nitrogen and oxygen atoms in total. The maximum atomic E-state index is 14.1. The molecule has 210 valence electrons. The van der Waals surface area contributed by atoms with Crippen molar-refractivity contribution in [3.05, 3.63) is 39.9 Å². The molecule has 39 heavy (non-hydrogen) atoms. The number of fused-ring (bicyclic) bond motifs is 3. The van der Waals surface area contributed by atoms with Gasteiger partial charge in [-0.15, -0.1) is 0 Å². The van der Waals surface area contributed by atoms with E-state index in [1.54, 1.807) is 14.1 Å². The van der Waals surface area contributed by atoms with E-state index in [0.29, 0.717) is 37.6 Å². The predicted octanol–water partition coefficient (Wildman–Crippen LogP) is 0.0232. The highest BCUT2D eigenvalue weighted by molar-refractivity contribution is 6.25. The number of aromatic hydroxyl groups is 1. The first kappa shape index (κ1) is 27.0. The standard InChI is InChI=1S/C27H34N4O8/c1-29(2)15-11-16(31-5-7-39-8-6-31)21(32)18-13(15)9-12-10-14-20(30(3)4)23(34)19(26(28)37)25(36)27(14,38)24(35)17(12)22(18)33/h11-12,14,20,32,34-35,38H,5-10H2,1-4H3,(H2,28,37)/t12-,14-,20?,27-/m0/s1. The van der Waals surface area contributed by atoms with Gasteiger partial charge in [0.2, 0.25) is 5.78 Å². The first-order valence-corrected chi connectivity index (χ1v) is 12.9. The number of nitrogens with zero attached hydrogens (tertiary/aromatic N) is 3. The number of hydrogen-bond acceptors (Lipinski definition) is 11. The molecule has 1 aliphatic heterocycles. The average Bonchev–Trinajstić information content (AvgIpc) is 2.86. The summed E-state index contributed by atoms with van der Waals surface area (Å²) in [5.41, 5.74) is 3.50. The van der Waals surface area contributed by atoms with Crippen molar-refractivity contribution in [2.45, 2.75) is 24.5 Å². The number of allylic oxidation sites excluding steroid dienone is 1. The number of phenolic OH excluding ortho intramolecular Hbond substituents is 1. The number of carbonyl (C=O) groups excluding carboxylic acids is 3. The van der Waals surface area contributed by atoms with Gasteiger partial charge in [0.1, 0.15) is 22.8 Å². The number of aliphatic hydroxyl groups is 3. The second kappa shape index (κ2) is 9.25. The lowest BCUT2D eigenvalue weighted by Crippen LogP contribution is -2.63. The van der Waals surface area contributed by atoms with Crippen LogP contribution in [0.15, 0.2) is 28.7 Å². The molecule has 1 aromatic carbocycles. The number of carbonyl (C=O) groups is 3. The number of nitrogens with two attached hydrogens (primary N) is 1. The zero-order valence-corrected chi connectivity index (χ0v) is 22.4. The third-order valence-corrected chi connectivity index (χ3v) is 8.51. The molecule has 0 aromatic heterocycles. The van der Waals surface area contributed by atoms with Crippen LogP contribution < -0.4 is 15.5 Å². The predicted molar refractivity (Wildman–Crippen MR) is 141 cm³/mol. The number of Topliss-reactive ketones (excluding diaryl/α,β-unsaturated/α-hetero) is 2. The number of phenols is 1. The van der Waals surface area contributed by atoms with Gasteiger partial charge >= 0.3 is 0 Å². The maximum Gasteiger partial charge on any atom is 0.255 e. The van der Waals surface area contributed by atoms with Gasteiger partial charge < -0.3 is 40.7 Å². The quantitative estimate of drug-likeness (QED) is 0.324. The molecule has 0 bridgehead atoms. The Hall–Kier alpha value is -3.61. The highest BCUT2D eigenvalue weighted by Gasteiger charge is 2.63. The van der Waals surface area contributed by atoms with E-state index in [1.807, 2.05) is 30.0 Å². The maximum absolute atomic E-state index is 14.1. The van der Waals surface area contributed by atoms with Crippen LogP contribution in [0.1, 0.15) is 22.3 Å². The van der Waals surface area contributed by atoms with E-state index >= 15 is 0 Å². The molecule has 1 fully saturated rings. The molecule has 1 heterocycles. The monoisotopic (exact) mass is 542 g/mol. The third kappa shape index (κ3) is 3.73. The molecule has 3 aliphatic carbocycles. The van der Waals surface area contributed by atoms with Crippen LogP contribution in [0.5, 0.6) is 5.75 Å². The first-order chi connectivity index (χ1) is 18.3. The fourth-order valence-electron chi connectivity index (χ4n) is 6.73. The van der Waals surface area contributed by atoms with Crippen LogP contribution in [0.4, 0.5) is 11.4 Å². The Morgan fingerprint density at radius 2 is 1.77 bits per heavy atom. The topological polar surface area (TPSA) is 177 Å². The van der Waals surface area contributed by atoms with Gasteiger partial charge in [-0.3, -0.25) is 19.3 Å². The minimum Gasteiger partial charge on any atom is -0.510 e. The summed E-state index contributed by atoms with van der Waals surface area (Å²) in [5.74, 6) is -6.59. The van der Waals surface area contributed by atoms with Crippen molar-refractivity contribution in [1.82, 2.24) is 4.90 Å². The lowest BCUT2D eigenvalue weighted by molar-refractivity contribution is -0.148. The van der Waals surface area contributed by atoms with E-state index in [2.05, 4.69) is 0 Å². The van der Waals surface area contributed by atoms with Gasteiger partial charge in [-0.05, 0) is 44.5 Å². The van der Waals surface area contributed by atoms with Crippen molar-refractivity contribution in [3.63, 3.8) is 0 Å². The summed E-state index contributed by atoms with van der Waals surface area (Å²) in [5, 5.41) is 45.5. The highest BCUT2D eigenvalue weighted by atomic mass is 16.5. The van der Waals surface area contributed by atoms with Crippen molar-refractivity contribution in [2.75, 3.05) is 64.3 Å². The van der Waals surface area contributed by atoms with Crippen LogP contribution in [0, 0.1) is 11.8 Å². The number of amides is 1. The number of ketones is 2. The van der Waals surface area contributed by atoms with Crippen LogP contribution in [0.3, 0.4) is 0 Å². The molecule has 1 unspecified atom stereocenters. The Labute approximate surface area is 225 Å². The zero-order chi connectivity index (χ0) is 28.5. The van der Waals surface area contributed by atoms with Crippen molar-refractivity contribution >= 4 is 28.8 Å². The fraction of sp³-hybridized carbons (Fsp3) is 0.519. The van der Waals surface area contributed by atoms with Crippen LogP contribution in [-0.2, 0) is 20.7 Å². The van der Waals surface area contributed by atoms with Gasteiger partial charge in [0.15, 0.2) is 11.4 Å². The summed E-state index contributed by atoms with van der Waals surface area (Å²) < 4.78 is 5.43. The van der Waals surface area contributed by atoms with Crippen LogP contribution in [0.25, 0.3) is 0 Å². The van der Waals surface area contributed by atoms with Crippen molar-refractivity contribution in [3.8, 4) is 5.75 Å². The highest BCUT2D eigenvalue weighted by Crippen LogP contribution is 2.54. The molecule has 1 saturated heterocycles. The summed E-state index contributed by atoms with van der Waals surface area (Å²) in [7, 11) is 6.86. The van der Waals surface area contributed by atoms with E-state index in [4.69, 9.17) is 10.5 Å². The molecule has 6 N–H and O–H groups in total. The summed E-state index contributed by atoms with van der Waals surface area (Å²) in [6.07, 6.45) is 0.281. The number of aliphatic hydroxyl groups excluding tert-OH is 2. The molecule has 0 spiro atoms. The number of benzene rings is 1. The van der Waals surface area contributed by atoms with Crippen molar-refractivity contribution in [2.24, 2.45) is 17.6 Å². The minimum absolute atomic E-state index is 0.00322. The molecule has 1 amide bonds. The molecule has 5 rings (SSSR count). The van der Waals surface area contributed by atoms with Crippen LogP contribution in [-0.4, -0.2) is 109 Å². The van der Waals surface area contributed by atoms with Gasteiger partial charge in [-0.1, -0.05) is 0 Å². The second-order valence-corrected chi connectivity index (χ2v) is 11.1. The summed E-state index contributed by atoms with van der Waals surface area (Å²) in [6.45, 7) is 1.94. The number of rotatable bonds is 4. The Balaban J connectivity index is 1.72. The van der Waals surface area contributed by atoms with E-state index in [-0.39, 0.29) is 29.7 Å². The molecule has 0 saturated carbocycles. The molecule has 0 radical (unpaired) electrons. The number of morpholine rings is 1. The van der Waals surface area contributed by atoms with Gasteiger partial charge in [-0.25, -0.2) is 0 Å². The largest absolute Gasteiger partial charge is 0.510 e. The lowest BCUT2D eigenvalue weighted by Gasteiger charge is -2.50. The molecule has 1 aromatic rings. The van der Waals surface area contributed by atoms with Gasteiger partial charge in [0, 0.05) is 44.4 Å². The summed E-state index contributed by atoms with van der Waals surface area (Å²) in [4.78, 5) is 45.0. The van der Waals surface area contributed by atoms with Gasteiger partial charge in [0.05, 0.1) is 30.5 Å². The van der Waals surface area contributed by atoms with E-state index < -0.39 is 58.0 Å². The number of primary amides is 1.